The number of aryl methyl sites for hydroxylation is 1. The summed E-state index contributed by atoms with van der Waals surface area (Å²) in [7, 11) is 0. The molecule has 0 bridgehead atoms. The van der Waals surface area contributed by atoms with Crippen LogP contribution in [0.3, 0.4) is 0 Å². The fourth-order valence-electron chi connectivity index (χ4n) is 3.07. The molecule has 0 spiro atoms. The van der Waals surface area contributed by atoms with Gasteiger partial charge in [0.1, 0.15) is 0 Å². The Bertz CT molecular complexity index is 687. The highest BCUT2D eigenvalue weighted by atomic mass is 16.2. The normalized spacial score (nSPS) is 14.5. The molecule has 1 saturated heterocycles. The lowest BCUT2D eigenvalue weighted by atomic mass is 10.1. The molecule has 3 amide bonds. The molecule has 2 rings (SSSR count). The van der Waals surface area contributed by atoms with E-state index >= 15 is 0 Å². The maximum Gasteiger partial charge on any atom is 0.253 e. The summed E-state index contributed by atoms with van der Waals surface area (Å²) in [6, 6.07) is 7.55. The Morgan fingerprint density at radius 2 is 1.85 bits per heavy atom. The zero-order valence-electron chi connectivity index (χ0n) is 15.6. The molecule has 0 aliphatic carbocycles. The SMILES string of the molecule is C=CC(=O)N(CC)CC(=O)N1CCCN(C(=O)c2cccc(C)c2)CC1. The molecule has 26 heavy (non-hydrogen) atoms. The number of hydrogen-bond acceptors (Lipinski definition) is 3. The van der Waals surface area contributed by atoms with Crippen LogP contribution in [0.4, 0.5) is 0 Å². The van der Waals surface area contributed by atoms with E-state index in [-0.39, 0.29) is 24.3 Å². The Morgan fingerprint density at radius 3 is 2.50 bits per heavy atom. The van der Waals surface area contributed by atoms with Crippen LogP contribution in [0.1, 0.15) is 29.3 Å². The predicted molar refractivity (Wildman–Crippen MR) is 101 cm³/mol. The van der Waals surface area contributed by atoms with Gasteiger partial charge in [0.2, 0.25) is 11.8 Å². The van der Waals surface area contributed by atoms with Crippen molar-refractivity contribution < 1.29 is 14.4 Å². The van der Waals surface area contributed by atoms with Crippen LogP contribution >= 0.6 is 0 Å². The van der Waals surface area contributed by atoms with Gasteiger partial charge < -0.3 is 14.7 Å². The van der Waals surface area contributed by atoms with Crippen LogP contribution in [0, 0.1) is 6.92 Å². The number of benzene rings is 1. The summed E-state index contributed by atoms with van der Waals surface area (Å²) in [4.78, 5) is 42.0. The molecule has 6 heteroatoms. The lowest BCUT2D eigenvalue weighted by Gasteiger charge is -2.25. The fraction of sp³-hybridized carbons (Fsp3) is 0.450. The number of amides is 3. The van der Waals surface area contributed by atoms with Crippen molar-refractivity contribution >= 4 is 17.7 Å². The molecule has 0 N–H and O–H groups in total. The van der Waals surface area contributed by atoms with Gasteiger partial charge in [-0.25, -0.2) is 0 Å². The fourth-order valence-corrected chi connectivity index (χ4v) is 3.07. The third-order valence-corrected chi connectivity index (χ3v) is 4.59. The molecular formula is C20H27N3O3. The van der Waals surface area contributed by atoms with Crippen LogP contribution in [-0.4, -0.2) is 71.7 Å². The van der Waals surface area contributed by atoms with Crippen molar-refractivity contribution in [2.45, 2.75) is 20.3 Å². The van der Waals surface area contributed by atoms with Crippen LogP contribution in [0.2, 0.25) is 0 Å². The number of carbonyl (C=O) groups is 3. The predicted octanol–water partition coefficient (Wildman–Crippen LogP) is 1.70. The number of rotatable bonds is 5. The second kappa shape index (κ2) is 9.17. The summed E-state index contributed by atoms with van der Waals surface area (Å²) in [6.07, 6.45) is 1.95. The first-order chi connectivity index (χ1) is 12.5. The molecule has 6 nitrogen and oxygen atoms in total. The minimum absolute atomic E-state index is 0.0000174. The summed E-state index contributed by atoms with van der Waals surface area (Å²) in [5.41, 5.74) is 1.73. The Labute approximate surface area is 155 Å². The van der Waals surface area contributed by atoms with Gasteiger partial charge in [0.25, 0.3) is 5.91 Å². The maximum atomic E-state index is 12.7. The number of nitrogens with zero attached hydrogens (tertiary/aromatic N) is 3. The van der Waals surface area contributed by atoms with Crippen LogP contribution in [0.25, 0.3) is 0 Å². The lowest BCUT2D eigenvalue weighted by Crippen LogP contribution is -2.44. The highest BCUT2D eigenvalue weighted by molar-refractivity contribution is 5.94. The van der Waals surface area contributed by atoms with E-state index in [1.54, 1.807) is 9.80 Å². The summed E-state index contributed by atoms with van der Waals surface area (Å²) in [5.74, 6) is -0.334. The molecule has 0 saturated carbocycles. The molecule has 1 aromatic rings. The molecule has 0 radical (unpaired) electrons. The second-order valence-corrected chi connectivity index (χ2v) is 6.45. The van der Waals surface area contributed by atoms with E-state index < -0.39 is 0 Å². The maximum absolute atomic E-state index is 12.7. The van der Waals surface area contributed by atoms with E-state index in [2.05, 4.69) is 6.58 Å². The Balaban J connectivity index is 1.97. The third kappa shape index (κ3) is 4.94. The highest BCUT2D eigenvalue weighted by Crippen LogP contribution is 2.11. The average Bonchev–Trinajstić information content (AvgIpc) is 2.91. The lowest BCUT2D eigenvalue weighted by molar-refractivity contribution is -0.137. The van der Waals surface area contributed by atoms with Gasteiger partial charge in [-0.3, -0.25) is 14.4 Å². The monoisotopic (exact) mass is 357 g/mol. The molecule has 1 aromatic carbocycles. The highest BCUT2D eigenvalue weighted by Gasteiger charge is 2.24. The third-order valence-electron chi connectivity index (χ3n) is 4.59. The van der Waals surface area contributed by atoms with Gasteiger partial charge in [-0.1, -0.05) is 24.3 Å². The zero-order chi connectivity index (χ0) is 19.1. The summed E-state index contributed by atoms with van der Waals surface area (Å²) in [5, 5.41) is 0. The first-order valence-corrected chi connectivity index (χ1v) is 9.01. The van der Waals surface area contributed by atoms with E-state index in [0.29, 0.717) is 38.3 Å². The number of carbonyl (C=O) groups excluding carboxylic acids is 3. The first-order valence-electron chi connectivity index (χ1n) is 9.01. The van der Waals surface area contributed by atoms with E-state index in [4.69, 9.17) is 0 Å². The summed E-state index contributed by atoms with van der Waals surface area (Å²) in [6.45, 7) is 9.97. The van der Waals surface area contributed by atoms with Gasteiger partial charge in [0.15, 0.2) is 0 Å². The molecule has 140 valence electrons. The molecule has 1 heterocycles. The Hall–Kier alpha value is -2.63. The average molecular weight is 357 g/mol. The van der Waals surface area contributed by atoms with Gasteiger partial charge in [0.05, 0.1) is 6.54 Å². The van der Waals surface area contributed by atoms with E-state index in [9.17, 15) is 14.4 Å². The van der Waals surface area contributed by atoms with Crippen molar-refractivity contribution in [1.29, 1.82) is 0 Å². The summed E-state index contributed by atoms with van der Waals surface area (Å²) >= 11 is 0. The first kappa shape index (κ1) is 19.7. The smallest absolute Gasteiger partial charge is 0.253 e. The van der Waals surface area contributed by atoms with Gasteiger partial charge in [-0.2, -0.15) is 0 Å². The molecule has 0 atom stereocenters. The van der Waals surface area contributed by atoms with Crippen molar-refractivity contribution in [2.24, 2.45) is 0 Å². The van der Waals surface area contributed by atoms with E-state index in [1.807, 2.05) is 38.1 Å². The molecule has 1 aliphatic rings. The molecule has 0 unspecified atom stereocenters. The minimum Gasteiger partial charge on any atom is -0.339 e. The van der Waals surface area contributed by atoms with Crippen molar-refractivity contribution in [3.8, 4) is 0 Å². The minimum atomic E-state index is -0.244. The standard InChI is InChI=1S/C20H27N3O3/c1-4-18(24)21(5-2)15-19(25)22-10-7-11-23(13-12-22)20(26)17-9-6-8-16(3)14-17/h4,6,8-9,14H,1,5,7,10-13,15H2,2-3H3. The van der Waals surface area contributed by atoms with Crippen molar-refractivity contribution in [3.05, 3.63) is 48.0 Å². The van der Waals surface area contributed by atoms with Crippen molar-refractivity contribution in [2.75, 3.05) is 39.3 Å². The summed E-state index contributed by atoms with van der Waals surface area (Å²) < 4.78 is 0. The zero-order valence-corrected chi connectivity index (χ0v) is 15.6. The van der Waals surface area contributed by atoms with E-state index in [0.717, 1.165) is 12.0 Å². The topological polar surface area (TPSA) is 60.9 Å². The Kier molecular flexibility index (Phi) is 6.95. The van der Waals surface area contributed by atoms with Crippen molar-refractivity contribution in [1.82, 2.24) is 14.7 Å². The van der Waals surface area contributed by atoms with Crippen LogP contribution in [-0.2, 0) is 9.59 Å². The molecule has 1 fully saturated rings. The van der Waals surface area contributed by atoms with Crippen molar-refractivity contribution in [3.63, 3.8) is 0 Å². The van der Waals surface area contributed by atoms with Gasteiger partial charge in [-0.15, -0.1) is 0 Å². The molecule has 0 aromatic heterocycles. The largest absolute Gasteiger partial charge is 0.339 e. The van der Waals surface area contributed by atoms with Crippen LogP contribution < -0.4 is 0 Å². The molecule has 1 aliphatic heterocycles. The number of hydrogen-bond donors (Lipinski definition) is 0. The quantitative estimate of drug-likeness (QED) is 0.754. The van der Waals surface area contributed by atoms with Gasteiger partial charge in [0, 0.05) is 38.3 Å². The van der Waals surface area contributed by atoms with E-state index in [1.165, 1.54) is 11.0 Å². The Morgan fingerprint density at radius 1 is 1.15 bits per heavy atom. The molecular weight excluding hydrogens is 330 g/mol. The van der Waals surface area contributed by atoms with Crippen LogP contribution in [0.15, 0.2) is 36.9 Å². The van der Waals surface area contributed by atoms with Gasteiger partial charge in [-0.05, 0) is 38.5 Å². The van der Waals surface area contributed by atoms with Crippen LogP contribution in [0.5, 0.6) is 0 Å². The second-order valence-electron chi connectivity index (χ2n) is 6.45. The number of likely N-dealkylation sites (N-methyl/N-ethyl adjacent to an activating group) is 1. The van der Waals surface area contributed by atoms with Gasteiger partial charge >= 0.3 is 0 Å².